The van der Waals surface area contributed by atoms with Crippen LogP contribution in [0.3, 0.4) is 0 Å². The molecule has 0 spiro atoms. The number of carbonyl (C=O) groups excluding carboxylic acids is 1. The molecule has 0 saturated heterocycles. The maximum absolute atomic E-state index is 13.5. The molecule has 0 amide bonds. The number of hydrogen-bond donors (Lipinski definition) is 0. The Labute approximate surface area is 158 Å². The van der Waals surface area contributed by atoms with Crippen LogP contribution in [-0.4, -0.2) is 22.1 Å². The van der Waals surface area contributed by atoms with Crippen LogP contribution in [0.15, 0.2) is 4.79 Å². The number of esters is 1. The quantitative estimate of drug-likeness (QED) is 0.757. The molecular weight excluding hydrogens is 348 g/mol. The van der Waals surface area contributed by atoms with E-state index in [4.69, 9.17) is 9.72 Å². The van der Waals surface area contributed by atoms with Crippen molar-refractivity contribution in [2.24, 2.45) is 5.92 Å². The molecule has 1 atom stereocenters. The van der Waals surface area contributed by atoms with Crippen molar-refractivity contribution in [2.75, 3.05) is 6.61 Å². The number of aromatic nitrogens is 2. The van der Waals surface area contributed by atoms with Crippen molar-refractivity contribution in [1.29, 1.82) is 0 Å². The van der Waals surface area contributed by atoms with E-state index in [-0.39, 0.29) is 18.1 Å². The first kappa shape index (κ1) is 19.1. The number of carbonyl (C=O) groups is 1. The van der Waals surface area contributed by atoms with E-state index >= 15 is 0 Å². The van der Waals surface area contributed by atoms with Crippen LogP contribution in [0.1, 0.15) is 70.1 Å². The average molecular weight is 377 g/mol. The number of ether oxygens (including phenoxy) is 1. The van der Waals surface area contributed by atoms with Crippen LogP contribution in [-0.2, 0) is 27.9 Å². The molecule has 0 fully saturated rings. The number of rotatable bonds is 4. The maximum atomic E-state index is 13.5. The molecule has 2 aromatic heterocycles. The number of thiophene rings is 1. The van der Waals surface area contributed by atoms with E-state index in [9.17, 15) is 9.59 Å². The van der Waals surface area contributed by atoms with Crippen LogP contribution < -0.4 is 5.56 Å². The van der Waals surface area contributed by atoms with Gasteiger partial charge in [0.2, 0.25) is 0 Å². The molecule has 5 nitrogen and oxygen atoms in total. The molecule has 0 N–H and O–H groups in total. The van der Waals surface area contributed by atoms with E-state index in [1.54, 1.807) is 36.7 Å². The van der Waals surface area contributed by atoms with Gasteiger partial charge in [0.25, 0.3) is 5.56 Å². The summed E-state index contributed by atoms with van der Waals surface area (Å²) >= 11 is 1.65. The van der Waals surface area contributed by atoms with Crippen molar-refractivity contribution >= 4 is 27.5 Å². The van der Waals surface area contributed by atoms with Gasteiger partial charge >= 0.3 is 5.97 Å². The zero-order valence-electron chi connectivity index (χ0n) is 16.5. The largest absolute Gasteiger partial charge is 0.464 e. The molecule has 142 valence electrons. The third-order valence-corrected chi connectivity index (χ3v) is 6.35. The number of nitrogens with zero attached hydrogens (tertiary/aromatic N) is 2. The minimum Gasteiger partial charge on any atom is -0.464 e. The molecule has 1 aliphatic rings. The first-order valence-electron chi connectivity index (χ1n) is 9.43. The molecule has 6 heteroatoms. The fourth-order valence-corrected chi connectivity index (χ4v) is 5.11. The van der Waals surface area contributed by atoms with Crippen LogP contribution >= 0.6 is 11.3 Å². The Morgan fingerprint density at radius 3 is 2.73 bits per heavy atom. The van der Waals surface area contributed by atoms with Crippen molar-refractivity contribution in [2.45, 2.75) is 72.3 Å². The first-order chi connectivity index (χ1) is 12.2. The second kappa shape index (κ2) is 6.80. The van der Waals surface area contributed by atoms with Crippen molar-refractivity contribution in [1.82, 2.24) is 9.55 Å². The van der Waals surface area contributed by atoms with Gasteiger partial charge in [0.05, 0.1) is 12.0 Å². The van der Waals surface area contributed by atoms with Gasteiger partial charge in [-0.1, -0.05) is 20.8 Å². The molecule has 0 bridgehead atoms. The Morgan fingerprint density at radius 1 is 1.42 bits per heavy atom. The van der Waals surface area contributed by atoms with E-state index in [1.165, 1.54) is 4.88 Å². The maximum Gasteiger partial charge on any atom is 0.331 e. The van der Waals surface area contributed by atoms with E-state index in [1.807, 2.05) is 13.8 Å². The van der Waals surface area contributed by atoms with E-state index < -0.39 is 11.5 Å². The van der Waals surface area contributed by atoms with Gasteiger partial charge in [-0.2, -0.15) is 0 Å². The Kier molecular flexibility index (Phi) is 4.99. The smallest absolute Gasteiger partial charge is 0.331 e. The third kappa shape index (κ3) is 2.98. The Morgan fingerprint density at radius 2 is 2.12 bits per heavy atom. The van der Waals surface area contributed by atoms with Crippen LogP contribution in [0.4, 0.5) is 0 Å². The lowest BCUT2D eigenvalue weighted by Gasteiger charge is -2.29. The highest BCUT2D eigenvalue weighted by Crippen LogP contribution is 2.37. The number of fused-ring (bicyclic) bond motifs is 3. The molecule has 2 aromatic rings. The summed E-state index contributed by atoms with van der Waals surface area (Å²) in [6.45, 7) is 11.8. The monoisotopic (exact) mass is 376 g/mol. The molecular formula is C20H28N2O3S. The summed E-state index contributed by atoms with van der Waals surface area (Å²) in [5.41, 5.74) is -0.0573. The van der Waals surface area contributed by atoms with Gasteiger partial charge in [0, 0.05) is 10.8 Å². The summed E-state index contributed by atoms with van der Waals surface area (Å²) in [5.74, 6) is 0.909. The van der Waals surface area contributed by atoms with Crippen LogP contribution in [0.2, 0.25) is 0 Å². The highest BCUT2D eigenvalue weighted by atomic mass is 32.1. The molecule has 2 heterocycles. The highest BCUT2D eigenvalue weighted by Gasteiger charge is 2.37. The van der Waals surface area contributed by atoms with Gasteiger partial charge in [-0.3, -0.25) is 9.36 Å². The first-order valence-corrected chi connectivity index (χ1v) is 10.2. The van der Waals surface area contributed by atoms with Crippen LogP contribution in [0.5, 0.6) is 0 Å². The molecule has 0 aliphatic heterocycles. The molecule has 26 heavy (non-hydrogen) atoms. The molecule has 1 aliphatic carbocycles. The Bertz CT molecular complexity index is 908. The van der Waals surface area contributed by atoms with E-state index in [0.29, 0.717) is 17.1 Å². The molecule has 0 saturated carbocycles. The van der Waals surface area contributed by atoms with Crippen LogP contribution in [0, 0.1) is 5.92 Å². The molecule has 1 unspecified atom stereocenters. The van der Waals surface area contributed by atoms with Gasteiger partial charge in [-0.15, -0.1) is 11.3 Å². The predicted octanol–water partition coefficient (Wildman–Crippen LogP) is 4.00. The van der Waals surface area contributed by atoms with Gasteiger partial charge in [-0.05, 0) is 51.5 Å². The van der Waals surface area contributed by atoms with Crippen molar-refractivity contribution in [3.63, 3.8) is 0 Å². The van der Waals surface area contributed by atoms with Gasteiger partial charge in [0.15, 0.2) is 0 Å². The minimum absolute atomic E-state index is 0.0267. The molecule has 0 radical (unpaired) electrons. The van der Waals surface area contributed by atoms with Crippen LogP contribution in [0.25, 0.3) is 10.2 Å². The minimum atomic E-state index is -1.09. The topological polar surface area (TPSA) is 61.2 Å². The van der Waals surface area contributed by atoms with Crippen molar-refractivity contribution in [3.8, 4) is 0 Å². The fourth-order valence-electron chi connectivity index (χ4n) is 3.73. The average Bonchev–Trinajstić information content (AvgIpc) is 2.91. The van der Waals surface area contributed by atoms with Gasteiger partial charge in [0.1, 0.15) is 16.2 Å². The van der Waals surface area contributed by atoms with E-state index in [0.717, 1.165) is 29.7 Å². The Balaban J connectivity index is 2.31. The van der Waals surface area contributed by atoms with E-state index in [2.05, 4.69) is 6.92 Å². The standard InChI is InChI=1S/C20H28N2O3S/c1-7-25-19(24)20(5,6)22-16(11(2)3)21-17-15(18(22)23)13-9-8-12(4)10-14(13)26-17/h11-12H,7-10H2,1-6H3. The fraction of sp³-hybridized carbons (Fsp3) is 0.650. The SMILES string of the molecule is CCOC(=O)C(C)(C)n1c(C(C)C)nc2sc3c(c2c1=O)CCC(C)C3. The number of aryl methyl sites for hydroxylation is 1. The normalized spacial score (nSPS) is 17.6. The van der Waals surface area contributed by atoms with Crippen molar-refractivity contribution in [3.05, 3.63) is 26.6 Å². The second-order valence-electron chi connectivity index (χ2n) is 8.08. The second-order valence-corrected chi connectivity index (χ2v) is 9.16. The summed E-state index contributed by atoms with van der Waals surface area (Å²) < 4.78 is 6.82. The summed E-state index contributed by atoms with van der Waals surface area (Å²) in [4.78, 5) is 33.1. The lowest BCUT2D eigenvalue weighted by atomic mass is 9.89. The summed E-state index contributed by atoms with van der Waals surface area (Å²) in [5, 5.41) is 0.707. The zero-order chi connectivity index (χ0) is 19.2. The summed E-state index contributed by atoms with van der Waals surface area (Å²) in [6, 6.07) is 0. The van der Waals surface area contributed by atoms with Gasteiger partial charge in [-0.25, -0.2) is 9.78 Å². The number of hydrogen-bond acceptors (Lipinski definition) is 5. The third-order valence-electron chi connectivity index (χ3n) is 5.21. The zero-order valence-corrected chi connectivity index (χ0v) is 17.3. The summed E-state index contributed by atoms with van der Waals surface area (Å²) in [7, 11) is 0. The lowest BCUT2D eigenvalue weighted by molar-refractivity contribution is -0.152. The van der Waals surface area contributed by atoms with Gasteiger partial charge < -0.3 is 4.74 Å². The Hall–Kier alpha value is -1.69. The van der Waals surface area contributed by atoms with Crippen molar-refractivity contribution < 1.29 is 9.53 Å². The molecule has 3 rings (SSSR count). The highest BCUT2D eigenvalue weighted by molar-refractivity contribution is 7.18. The lowest BCUT2D eigenvalue weighted by Crippen LogP contribution is -2.46. The molecule has 0 aromatic carbocycles. The predicted molar refractivity (Wildman–Crippen MR) is 105 cm³/mol. The summed E-state index contributed by atoms with van der Waals surface area (Å²) in [6.07, 6.45) is 3.01.